The highest BCUT2D eigenvalue weighted by Crippen LogP contribution is 2.49. The van der Waals surface area contributed by atoms with Crippen molar-refractivity contribution in [3.63, 3.8) is 0 Å². The summed E-state index contributed by atoms with van der Waals surface area (Å²) >= 11 is 6.54. The summed E-state index contributed by atoms with van der Waals surface area (Å²) in [6.45, 7) is 8.48. The van der Waals surface area contributed by atoms with Crippen LogP contribution in [0.25, 0.3) is 0 Å². The largest absolute Gasteiger partial charge is 0.493 e. The van der Waals surface area contributed by atoms with Crippen molar-refractivity contribution in [2.75, 3.05) is 52.7 Å². The van der Waals surface area contributed by atoms with E-state index in [0.29, 0.717) is 78.9 Å². The molecule has 0 fully saturated rings. The number of halogens is 1. The Bertz CT molecular complexity index is 1430. The van der Waals surface area contributed by atoms with Gasteiger partial charge in [-0.15, -0.1) is 0 Å². The number of ether oxygens (including phenoxy) is 4. The predicted molar refractivity (Wildman–Crippen MR) is 181 cm³/mol. The Hall–Kier alpha value is -3.41. The third-order valence-corrected chi connectivity index (χ3v) is 8.22. The van der Waals surface area contributed by atoms with Gasteiger partial charge < -0.3 is 40.4 Å². The minimum atomic E-state index is -0.750. The van der Waals surface area contributed by atoms with Gasteiger partial charge in [-0.2, -0.15) is 0 Å². The molecule has 1 aliphatic carbocycles. The second-order valence-corrected chi connectivity index (χ2v) is 13.0. The van der Waals surface area contributed by atoms with Crippen LogP contribution in [-0.2, 0) is 19.1 Å². The van der Waals surface area contributed by atoms with Crippen LogP contribution >= 0.6 is 11.6 Å². The molecule has 5 N–H and O–H groups in total. The second kappa shape index (κ2) is 17.7. The number of para-hydroxylation sites is 1. The molecule has 1 aliphatic heterocycles. The van der Waals surface area contributed by atoms with Gasteiger partial charge in [0.2, 0.25) is 0 Å². The van der Waals surface area contributed by atoms with E-state index >= 15 is 0 Å². The molecule has 0 saturated carbocycles. The third kappa shape index (κ3) is 10.3. The zero-order valence-electron chi connectivity index (χ0n) is 27.6. The number of nitrogens with two attached hydrogens (primary N) is 1. The Morgan fingerprint density at radius 3 is 2.66 bits per heavy atom. The van der Waals surface area contributed by atoms with Crippen LogP contribution in [-0.4, -0.2) is 75.6 Å². The molecule has 1 heterocycles. The maximum absolute atomic E-state index is 13.8. The summed E-state index contributed by atoms with van der Waals surface area (Å²) in [5.41, 5.74) is 8.18. The van der Waals surface area contributed by atoms with E-state index in [1.165, 1.54) is 0 Å². The van der Waals surface area contributed by atoms with Gasteiger partial charge in [-0.25, -0.2) is 4.79 Å². The highest BCUT2D eigenvalue weighted by Gasteiger charge is 2.44. The summed E-state index contributed by atoms with van der Waals surface area (Å²) in [5, 5.41) is 17.3. The van der Waals surface area contributed by atoms with E-state index in [1.54, 1.807) is 25.1 Å². The van der Waals surface area contributed by atoms with Gasteiger partial charge in [0, 0.05) is 41.4 Å². The minimum absolute atomic E-state index is 0.0363. The molecule has 47 heavy (non-hydrogen) atoms. The Balaban J connectivity index is 1.48. The smallest absolute Gasteiger partial charge is 0.336 e. The van der Waals surface area contributed by atoms with Crippen molar-refractivity contribution in [1.82, 2.24) is 10.6 Å². The highest BCUT2D eigenvalue weighted by molar-refractivity contribution is 6.30. The molecule has 0 spiro atoms. The molecule has 4 rings (SSSR count). The van der Waals surface area contributed by atoms with Gasteiger partial charge in [0.25, 0.3) is 0 Å². The third-order valence-electron chi connectivity index (χ3n) is 7.98. The first-order valence-corrected chi connectivity index (χ1v) is 16.7. The maximum atomic E-state index is 13.8. The van der Waals surface area contributed by atoms with E-state index < -0.39 is 18.0 Å². The van der Waals surface area contributed by atoms with Crippen molar-refractivity contribution < 1.29 is 33.6 Å². The van der Waals surface area contributed by atoms with Crippen LogP contribution in [0.1, 0.15) is 57.9 Å². The number of dihydropyridines is 1. The lowest BCUT2D eigenvalue weighted by molar-refractivity contribution is -0.139. The Kier molecular flexibility index (Phi) is 13.7. The van der Waals surface area contributed by atoms with E-state index in [0.717, 1.165) is 24.3 Å². The van der Waals surface area contributed by atoms with E-state index in [1.807, 2.05) is 30.3 Å². The van der Waals surface area contributed by atoms with Gasteiger partial charge in [-0.1, -0.05) is 43.6 Å². The number of aliphatic hydroxyl groups is 1. The van der Waals surface area contributed by atoms with Crippen LogP contribution in [0.4, 0.5) is 0 Å². The quantitative estimate of drug-likeness (QED) is 0.131. The molecule has 2 aliphatic rings. The summed E-state index contributed by atoms with van der Waals surface area (Å²) in [7, 11) is 0. The fourth-order valence-corrected chi connectivity index (χ4v) is 6.11. The number of hydrogen-bond acceptors (Lipinski definition) is 10. The monoisotopic (exact) mass is 669 g/mol. The molecule has 0 saturated heterocycles. The lowest BCUT2D eigenvalue weighted by Gasteiger charge is -2.40. The summed E-state index contributed by atoms with van der Waals surface area (Å²) in [6.07, 6.45) is 1.88. The van der Waals surface area contributed by atoms with Crippen molar-refractivity contribution >= 4 is 23.4 Å². The summed E-state index contributed by atoms with van der Waals surface area (Å²) in [4.78, 5) is 27.4. The predicted octanol–water partition coefficient (Wildman–Crippen LogP) is 4.65. The number of carbonyl (C=O) groups excluding carboxylic acids is 2. The van der Waals surface area contributed by atoms with Crippen molar-refractivity contribution in [3.05, 3.63) is 81.7 Å². The zero-order valence-corrected chi connectivity index (χ0v) is 28.4. The van der Waals surface area contributed by atoms with Crippen molar-refractivity contribution in [2.24, 2.45) is 11.1 Å². The number of rotatable bonds is 18. The molecule has 2 aromatic rings. The molecule has 10 nitrogen and oxygen atoms in total. The fraction of sp³-hybridized carbons (Fsp3) is 0.500. The molecule has 2 unspecified atom stereocenters. The number of Topliss-reactive ketones (excluding diaryl/α,β-unsaturated/α-hetero) is 1. The Morgan fingerprint density at radius 2 is 1.91 bits per heavy atom. The summed E-state index contributed by atoms with van der Waals surface area (Å²) in [6, 6.07) is 14.7. The molecular formula is C36H48ClN3O7. The number of benzene rings is 2. The van der Waals surface area contributed by atoms with E-state index in [2.05, 4.69) is 24.5 Å². The first-order valence-electron chi connectivity index (χ1n) is 16.3. The van der Waals surface area contributed by atoms with Crippen LogP contribution in [0, 0.1) is 5.41 Å². The number of hydrogen-bond donors (Lipinski definition) is 4. The number of allylic oxidation sites excluding steroid dienone is 2. The average molecular weight is 670 g/mol. The molecule has 0 bridgehead atoms. The lowest BCUT2D eigenvalue weighted by atomic mass is 9.68. The lowest BCUT2D eigenvalue weighted by Crippen LogP contribution is -2.40. The Morgan fingerprint density at radius 1 is 1.13 bits per heavy atom. The molecule has 0 aromatic heterocycles. The normalized spacial score (nSPS) is 18.0. The van der Waals surface area contributed by atoms with Gasteiger partial charge in [0.05, 0.1) is 43.6 Å². The summed E-state index contributed by atoms with van der Waals surface area (Å²) < 4.78 is 23.2. The first-order chi connectivity index (χ1) is 22.6. The SMILES string of the molecule is CCOC(=O)C1=C(COCCN)NC2=C(C(=O)CC(C)(C)C2)C1c1cc(Cl)ccc1OCCCCNCC(O)COc1ccccc1. The van der Waals surface area contributed by atoms with Crippen LogP contribution in [0.15, 0.2) is 71.1 Å². The number of esters is 1. The number of aliphatic hydroxyl groups excluding tert-OH is 1. The maximum Gasteiger partial charge on any atom is 0.336 e. The van der Waals surface area contributed by atoms with Crippen molar-refractivity contribution in [2.45, 2.75) is 58.5 Å². The molecule has 2 aromatic carbocycles. The first kappa shape index (κ1) is 36.4. The van der Waals surface area contributed by atoms with Crippen LogP contribution in [0.2, 0.25) is 5.02 Å². The molecule has 256 valence electrons. The second-order valence-electron chi connectivity index (χ2n) is 12.6. The molecular weight excluding hydrogens is 622 g/mol. The number of ketones is 1. The van der Waals surface area contributed by atoms with Crippen molar-refractivity contribution in [3.8, 4) is 11.5 Å². The summed E-state index contributed by atoms with van der Waals surface area (Å²) in [5.74, 6) is -0.0590. The van der Waals surface area contributed by atoms with Gasteiger partial charge in [0.1, 0.15) is 24.2 Å². The van der Waals surface area contributed by atoms with Crippen molar-refractivity contribution in [1.29, 1.82) is 0 Å². The zero-order chi connectivity index (χ0) is 33.8. The van der Waals surface area contributed by atoms with Gasteiger partial charge in [-0.3, -0.25) is 4.79 Å². The van der Waals surface area contributed by atoms with Crippen LogP contribution < -0.4 is 25.8 Å². The molecule has 0 amide bonds. The van der Waals surface area contributed by atoms with E-state index in [4.69, 9.17) is 36.3 Å². The number of unbranched alkanes of at least 4 members (excludes halogenated alkanes) is 1. The van der Waals surface area contributed by atoms with Gasteiger partial charge in [-0.05, 0) is 68.5 Å². The number of carbonyl (C=O) groups is 2. The van der Waals surface area contributed by atoms with E-state index in [-0.39, 0.29) is 31.0 Å². The number of nitrogens with one attached hydrogen (secondary N) is 2. The van der Waals surface area contributed by atoms with Gasteiger partial charge in [0.15, 0.2) is 5.78 Å². The minimum Gasteiger partial charge on any atom is -0.493 e. The van der Waals surface area contributed by atoms with Gasteiger partial charge >= 0.3 is 5.97 Å². The van der Waals surface area contributed by atoms with E-state index in [9.17, 15) is 14.7 Å². The molecule has 0 radical (unpaired) electrons. The highest BCUT2D eigenvalue weighted by atomic mass is 35.5. The van der Waals surface area contributed by atoms with Crippen LogP contribution in [0.3, 0.4) is 0 Å². The average Bonchev–Trinajstić information content (AvgIpc) is 3.03. The fourth-order valence-electron chi connectivity index (χ4n) is 5.93. The standard InChI is InChI=1S/C36H48ClN3O7/c1-4-45-35(43)34-29(23-44-17-14-38)40-28-19-36(2,3)20-30(42)33(28)32(34)27-18-24(37)12-13-31(27)46-16-9-8-15-39-21-25(41)22-47-26-10-6-5-7-11-26/h5-7,10-13,18,25,32,39-41H,4,8-9,14-17,19-23,38H2,1-3H3. The topological polar surface area (TPSA) is 141 Å². The van der Waals surface area contributed by atoms with Crippen LogP contribution in [0.5, 0.6) is 11.5 Å². The molecule has 2 atom stereocenters. The Labute approximate surface area is 282 Å². The molecule has 11 heteroatoms.